The van der Waals surface area contributed by atoms with Gasteiger partial charge in [-0.15, -0.1) is 0 Å². The molecule has 1 aromatic carbocycles. The summed E-state index contributed by atoms with van der Waals surface area (Å²) >= 11 is 0. The second-order valence-electron chi connectivity index (χ2n) is 5.82. The minimum atomic E-state index is -1.11. The zero-order valence-electron chi connectivity index (χ0n) is 13.4. The third-order valence-electron chi connectivity index (χ3n) is 2.85. The molecule has 1 aromatic rings. The minimum Gasteiger partial charge on any atom is -0.467 e. The number of carbonyl (C=O) groups is 2. The topological polar surface area (TPSA) is 76.1 Å². The van der Waals surface area contributed by atoms with Crippen molar-refractivity contribution in [3.8, 4) is 0 Å². The van der Waals surface area contributed by atoms with Gasteiger partial charge in [-0.2, -0.15) is 0 Å². The van der Waals surface area contributed by atoms with E-state index in [1.165, 1.54) is 12.0 Å². The van der Waals surface area contributed by atoms with Gasteiger partial charge in [-0.3, -0.25) is 4.90 Å². The number of esters is 1. The largest absolute Gasteiger partial charge is 0.467 e. The highest BCUT2D eigenvalue weighted by molar-refractivity contribution is 5.81. The molecule has 0 aliphatic carbocycles. The Morgan fingerprint density at radius 2 is 1.82 bits per heavy atom. The zero-order valence-corrected chi connectivity index (χ0v) is 13.4. The van der Waals surface area contributed by atoms with Crippen LogP contribution in [-0.4, -0.2) is 47.4 Å². The first-order valence-corrected chi connectivity index (χ1v) is 7.00. The van der Waals surface area contributed by atoms with E-state index < -0.39 is 30.3 Å². The van der Waals surface area contributed by atoms with Crippen LogP contribution in [0.2, 0.25) is 0 Å². The Morgan fingerprint density at radius 1 is 1.23 bits per heavy atom. The number of nitrogens with zero attached hydrogens (tertiary/aromatic N) is 1. The lowest BCUT2D eigenvalue weighted by molar-refractivity contribution is -0.148. The monoisotopic (exact) mass is 309 g/mol. The first-order valence-electron chi connectivity index (χ1n) is 7.00. The van der Waals surface area contributed by atoms with Crippen LogP contribution in [0.4, 0.5) is 4.79 Å². The molecule has 6 heteroatoms. The van der Waals surface area contributed by atoms with Crippen LogP contribution in [0, 0.1) is 0 Å². The predicted octanol–water partition coefficient (Wildman–Crippen LogP) is 1.96. The summed E-state index contributed by atoms with van der Waals surface area (Å²) in [5, 5.41) is 9.47. The van der Waals surface area contributed by atoms with Crippen molar-refractivity contribution in [2.24, 2.45) is 0 Å². The molecule has 1 amide bonds. The Balaban J connectivity index is 3.03. The summed E-state index contributed by atoms with van der Waals surface area (Å²) in [4.78, 5) is 25.4. The molecule has 0 aliphatic heterocycles. The van der Waals surface area contributed by atoms with Gasteiger partial charge < -0.3 is 14.6 Å². The molecule has 1 N–H and O–H groups in total. The Morgan fingerprint density at radius 3 is 2.27 bits per heavy atom. The van der Waals surface area contributed by atoms with E-state index in [1.54, 1.807) is 20.8 Å². The molecular formula is C16H23NO5. The number of methoxy groups -OCH3 is 1. The smallest absolute Gasteiger partial charge is 0.411 e. The lowest BCUT2D eigenvalue weighted by Gasteiger charge is -2.31. The summed E-state index contributed by atoms with van der Waals surface area (Å²) in [6, 6.07) is 8.04. The number of benzene rings is 1. The number of ether oxygens (including phenoxy) is 2. The molecule has 0 aromatic heterocycles. The predicted molar refractivity (Wildman–Crippen MR) is 81.1 cm³/mol. The Labute approximate surface area is 130 Å². The quantitative estimate of drug-likeness (QED) is 0.841. The van der Waals surface area contributed by atoms with Crippen molar-refractivity contribution in [2.75, 3.05) is 13.7 Å². The van der Waals surface area contributed by atoms with Crippen LogP contribution in [0.1, 0.15) is 26.3 Å². The van der Waals surface area contributed by atoms with E-state index in [1.807, 2.05) is 30.3 Å². The molecule has 0 aliphatic rings. The van der Waals surface area contributed by atoms with Crippen LogP contribution in [0.3, 0.4) is 0 Å². The molecule has 6 nitrogen and oxygen atoms in total. The number of hydrogen-bond donors (Lipinski definition) is 1. The fourth-order valence-corrected chi connectivity index (χ4v) is 1.84. The van der Waals surface area contributed by atoms with E-state index in [4.69, 9.17) is 4.74 Å². The summed E-state index contributed by atoms with van der Waals surface area (Å²) in [6.45, 7) is 4.79. The van der Waals surface area contributed by atoms with Crippen LogP contribution in [0.5, 0.6) is 0 Å². The number of amides is 1. The normalized spacial score (nSPS) is 12.4. The van der Waals surface area contributed by atoms with Gasteiger partial charge in [0.15, 0.2) is 6.04 Å². The second-order valence-corrected chi connectivity index (χ2v) is 5.82. The SMILES string of the molecule is COC(=O)[C@@H](CO)N(Cc1ccccc1)C(=O)OC(C)(C)C. The van der Waals surface area contributed by atoms with Gasteiger partial charge in [-0.05, 0) is 26.3 Å². The molecule has 1 rings (SSSR count). The number of hydrogen-bond acceptors (Lipinski definition) is 5. The molecule has 1 atom stereocenters. The average molecular weight is 309 g/mol. The molecule has 0 saturated carbocycles. The number of aliphatic hydroxyl groups is 1. The minimum absolute atomic E-state index is 0.135. The molecule has 0 radical (unpaired) electrons. The van der Waals surface area contributed by atoms with E-state index in [0.29, 0.717) is 0 Å². The van der Waals surface area contributed by atoms with Crippen LogP contribution >= 0.6 is 0 Å². The lowest BCUT2D eigenvalue weighted by atomic mass is 10.1. The Bertz CT molecular complexity index is 495. The summed E-state index contributed by atoms with van der Waals surface area (Å²) in [7, 11) is 1.21. The van der Waals surface area contributed by atoms with Crippen LogP contribution < -0.4 is 0 Å². The van der Waals surface area contributed by atoms with Crippen LogP contribution in [0.15, 0.2) is 30.3 Å². The van der Waals surface area contributed by atoms with Crippen molar-refractivity contribution in [1.82, 2.24) is 4.90 Å². The summed E-state index contributed by atoms with van der Waals surface area (Å²) < 4.78 is 9.97. The molecule has 0 fully saturated rings. The molecule has 0 heterocycles. The maximum absolute atomic E-state index is 12.4. The van der Waals surface area contributed by atoms with E-state index in [9.17, 15) is 14.7 Å². The fourth-order valence-electron chi connectivity index (χ4n) is 1.84. The maximum atomic E-state index is 12.4. The van der Waals surface area contributed by atoms with Crippen molar-refractivity contribution in [1.29, 1.82) is 0 Å². The van der Waals surface area contributed by atoms with Gasteiger partial charge in [-0.25, -0.2) is 9.59 Å². The molecular weight excluding hydrogens is 286 g/mol. The van der Waals surface area contributed by atoms with Crippen molar-refractivity contribution >= 4 is 12.1 Å². The highest BCUT2D eigenvalue weighted by Crippen LogP contribution is 2.16. The molecule has 122 valence electrons. The van der Waals surface area contributed by atoms with Gasteiger partial charge in [0.1, 0.15) is 5.60 Å². The molecule has 22 heavy (non-hydrogen) atoms. The lowest BCUT2D eigenvalue weighted by Crippen LogP contribution is -2.49. The van der Waals surface area contributed by atoms with Gasteiger partial charge in [0.25, 0.3) is 0 Å². The third-order valence-corrected chi connectivity index (χ3v) is 2.85. The van der Waals surface area contributed by atoms with Crippen molar-refractivity contribution in [2.45, 2.75) is 39.0 Å². The van der Waals surface area contributed by atoms with E-state index in [0.717, 1.165) is 5.56 Å². The number of aliphatic hydroxyl groups excluding tert-OH is 1. The molecule has 0 spiro atoms. The van der Waals surface area contributed by atoms with Crippen molar-refractivity contribution < 1.29 is 24.2 Å². The highest BCUT2D eigenvalue weighted by Gasteiger charge is 2.33. The number of rotatable bonds is 5. The van der Waals surface area contributed by atoms with E-state index in [-0.39, 0.29) is 6.54 Å². The maximum Gasteiger partial charge on any atom is 0.411 e. The van der Waals surface area contributed by atoms with Gasteiger partial charge in [0.2, 0.25) is 0 Å². The zero-order chi connectivity index (χ0) is 16.8. The van der Waals surface area contributed by atoms with E-state index >= 15 is 0 Å². The Hall–Kier alpha value is -2.08. The molecule has 0 unspecified atom stereocenters. The van der Waals surface area contributed by atoms with Gasteiger partial charge in [0, 0.05) is 0 Å². The first-order chi connectivity index (χ1) is 10.3. The van der Waals surface area contributed by atoms with E-state index in [2.05, 4.69) is 4.74 Å². The fraction of sp³-hybridized carbons (Fsp3) is 0.500. The first kappa shape index (κ1) is 18.0. The summed E-state index contributed by atoms with van der Waals surface area (Å²) in [5.74, 6) is -0.690. The van der Waals surface area contributed by atoms with Gasteiger partial charge in [0.05, 0.1) is 20.3 Å². The van der Waals surface area contributed by atoms with Crippen LogP contribution in [0.25, 0.3) is 0 Å². The van der Waals surface area contributed by atoms with Gasteiger partial charge >= 0.3 is 12.1 Å². The summed E-state index contributed by atoms with van der Waals surface area (Å²) in [5.41, 5.74) is 0.109. The van der Waals surface area contributed by atoms with Crippen LogP contribution in [-0.2, 0) is 20.8 Å². The standard InChI is InChI=1S/C16H23NO5/c1-16(2,3)22-15(20)17(13(11-18)14(19)21-4)10-12-8-6-5-7-9-12/h5-9,13,18H,10-11H2,1-4H3/t13-/m1/s1. The third kappa shape index (κ3) is 5.37. The average Bonchev–Trinajstić information content (AvgIpc) is 2.46. The Kier molecular flexibility index (Phi) is 6.37. The highest BCUT2D eigenvalue weighted by atomic mass is 16.6. The number of carbonyl (C=O) groups excluding carboxylic acids is 2. The molecule has 0 bridgehead atoms. The second kappa shape index (κ2) is 7.79. The van der Waals surface area contributed by atoms with Crippen molar-refractivity contribution in [3.05, 3.63) is 35.9 Å². The molecule has 0 saturated heterocycles. The van der Waals surface area contributed by atoms with Crippen molar-refractivity contribution in [3.63, 3.8) is 0 Å². The van der Waals surface area contributed by atoms with Gasteiger partial charge in [-0.1, -0.05) is 30.3 Å². The summed E-state index contributed by atoms with van der Waals surface area (Å²) in [6.07, 6.45) is -0.680.